The molecule has 1 unspecified atom stereocenters. The zero-order valence-corrected chi connectivity index (χ0v) is 11.7. The molecule has 0 aliphatic carbocycles. The molecule has 1 aliphatic rings. The van der Waals surface area contributed by atoms with Crippen LogP contribution in [0.5, 0.6) is 0 Å². The van der Waals surface area contributed by atoms with E-state index in [1.54, 1.807) is 0 Å². The molecule has 1 aliphatic heterocycles. The predicted octanol–water partition coefficient (Wildman–Crippen LogP) is 2.81. The van der Waals surface area contributed by atoms with Crippen molar-refractivity contribution in [1.82, 2.24) is 4.90 Å². The van der Waals surface area contributed by atoms with Crippen molar-refractivity contribution < 1.29 is 0 Å². The van der Waals surface area contributed by atoms with E-state index in [4.69, 9.17) is 5.73 Å². The second-order valence-corrected chi connectivity index (χ2v) is 5.78. The van der Waals surface area contributed by atoms with Gasteiger partial charge in [-0.2, -0.15) is 0 Å². The van der Waals surface area contributed by atoms with Crippen LogP contribution in [-0.2, 0) is 13.0 Å². The topological polar surface area (TPSA) is 29.3 Å². The Morgan fingerprint density at radius 3 is 2.50 bits per heavy atom. The van der Waals surface area contributed by atoms with Crippen LogP contribution in [0.4, 0.5) is 0 Å². The van der Waals surface area contributed by atoms with E-state index in [0.717, 1.165) is 31.5 Å². The van der Waals surface area contributed by atoms with Gasteiger partial charge in [-0.25, -0.2) is 0 Å². The van der Waals surface area contributed by atoms with Gasteiger partial charge in [-0.15, -0.1) is 0 Å². The lowest BCUT2D eigenvalue weighted by Gasteiger charge is -2.27. The van der Waals surface area contributed by atoms with Crippen LogP contribution in [0.15, 0.2) is 24.3 Å². The first-order valence-electron chi connectivity index (χ1n) is 7.22. The fraction of sp³-hybridized carbons (Fsp3) is 0.625. The van der Waals surface area contributed by atoms with E-state index in [1.807, 2.05) is 0 Å². The minimum Gasteiger partial charge on any atom is -0.330 e. The summed E-state index contributed by atoms with van der Waals surface area (Å²) in [7, 11) is 0. The van der Waals surface area contributed by atoms with Crippen molar-refractivity contribution >= 4 is 0 Å². The van der Waals surface area contributed by atoms with Gasteiger partial charge in [-0.1, -0.05) is 38.1 Å². The number of likely N-dealkylation sites (tertiary alicyclic amines) is 1. The average Bonchev–Trinajstić information content (AvgIpc) is 2.80. The molecule has 18 heavy (non-hydrogen) atoms. The van der Waals surface area contributed by atoms with Crippen LogP contribution in [0.3, 0.4) is 0 Å². The van der Waals surface area contributed by atoms with Crippen molar-refractivity contribution in [3.63, 3.8) is 0 Å². The molecule has 1 atom stereocenters. The molecule has 0 bridgehead atoms. The Bertz CT molecular complexity index is 356. The fourth-order valence-electron chi connectivity index (χ4n) is 3.02. The van der Waals surface area contributed by atoms with Gasteiger partial charge in [-0.3, -0.25) is 4.90 Å². The Hall–Kier alpha value is -0.860. The SMILES string of the molecule is CC(C)C1CCCN1Cc1ccc(CCN)cc1. The summed E-state index contributed by atoms with van der Waals surface area (Å²) < 4.78 is 0. The standard InChI is InChI=1S/C16H26N2/c1-13(2)16-4-3-11-18(16)12-15-7-5-14(6-8-15)9-10-17/h5-8,13,16H,3-4,9-12,17H2,1-2H3. The van der Waals surface area contributed by atoms with Crippen LogP contribution in [0, 0.1) is 5.92 Å². The smallest absolute Gasteiger partial charge is 0.0236 e. The molecule has 2 rings (SSSR count). The maximum atomic E-state index is 5.57. The number of hydrogen-bond acceptors (Lipinski definition) is 2. The monoisotopic (exact) mass is 246 g/mol. The molecule has 2 nitrogen and oxygen atoms in total. The maximum Gasteiger partial charge on any atom is 0.0236 e. The predicted molar refractivity (Wildman–Crippen MR) is 77.5 cm³/mol. The third-order valence-electron chi connectivity index (χ3n) is 4.03. The van der Waals surface area contributed by atoms with Gasteiger partial charge in [0.25, 0.3) is 0 Å². The van der Waals surface area contributed by atoms with Crippen molar-refractivity contribution in [2.24, 2.45) is 11.7 Å². The summed E-state index contributed by atoms with van der Waals surface area (Å²) in [5, 5.41) is 0. The molecule has 2 heteroatoms. The van der Waals surface area contributed by atoms with Crippen LogP contribution in [0.25, 0.3) is 0 Å². The first kappa shape index (κ1) is 13.6. The van der Waals surface area contributed by atoms with E-state index in [2.05, 4.69) is 43.0 Å². The number of rotatable bonds is 5. The van der Waals surface area contributed by atoms with Gasteiger partial charge >= 0.3 is 0 Å². The summed E-state index contributed by atoms with van der Waals surface area (Å²) in [5.41, 5.74) is 8.36. The van der Waals surface area contributed by atoms with Crippen LogP contribution < -0.4 is 5.73 Å². The molecule has 0 amide bonds. The molecule has 1 fully saturated rings. The lowest BCUT2D eigenvalue weighted by molar-refractivity contribution is 0.199. The molecule has 1 saturated heterocycles. The average molecular weight is 246 g/mol. The van der Waals surface area contributed by atoms with Crippen molar-refractivity contribution in [3.8, 4) is 0 Å². The summed E-state index contributed by atoms with van der Waals surface area (Å²) >= 11 is 0. The molecule has 1 heterocycles. The zero-order valence-electron chi connectivity index (χ0n) is 11.7. The van der Waals surface area contributed by atoms with Crippen LogP contribution in [0.1, 0.15) is 37.8 Å². The second-order valence-electron chi connectivity index (χ2n) is 5.78. The van der Waals surface area contributed by atoms with Gasteiger partial charge in [0.2, 0.25) is 0 Å². The normalized spacial score (nSPS) is 20.8. The van der Waals surface area contributed by atoms with Gasteiger partial charge in [0, 0.05) is 12.6 Å². The fourth-order valence-corrected chi connectivity index (χ4v) is 3.02. The molecule has 100 valence electrons. The lowest BCUT2D eigenvalue weighted by Crippen LogP contribution is -2.32. The molecule has 1 aromatic carbocycles. The third-order valence-corrected chi connectivity index (χ3v) is 4.03. The minimum atomic E-state index is 0.737. The first-order chi connectivity index (χ1) is 8.70. The van der Waals surface area contributed by atoms with Gasteiger partial charge < -0.3 is 5.73 Å². The Morgan fingerprint density at radius 2 is 1.89 bits per heavy atom. The summed E-state index contributed by atoms with van der Waals surface area (Å²) in [5.74, 6) is 0.768. The molecule has 0 saturated carbocycles. The van der Waals surface area contributed by atoms with Crippen molar-refractivity contribution in [2.45, 2.75) is 45.7 Å². The largest absolute Gasteiger partial charge is 0.330 e. The minimum absolute atomic E-state index is 0.737. The highest BCUT2D eigenvalue weighted by atomic mass is 15.2. The molecule has 0 aromatic heterocycles. The van der Waals surface area contributed by atoms with Crippen molar-refractivity contribution in [2.75, 3.05) is 13.1 Å². The Labute approximate surface area is 111 Å². The molecular weight excluding hydrogens is 220 g/mol. The van der Waals surface area contributed by atoms with E-state index >= 15 is 0 Å². The summed E-state index contributed by atoms with van der Waals surface area (Å²) in [6.07, 6.45) is 3.70. The van der Waals surface area contributed by atoms with E-state index < -0.39 is 0 Å². The molecule has 2 N–H and O–H groups in total. The number of nitrogens with two attached hydrogens (primary N) is 1. The number of nitrogens with zero attached hydrogens (tertiary/aromatic N) is 1. The highest BCUT2D eigenvalue weighted by molar-refractivity contribution is 5.23. The molecular formula is C16H26N2. The van der Waals surface area contributed by atoms with Gasteiger partial charge in [-0.05, 0) is 49.4 Å². The lowest BCUT2D eigenvalue weighted by atomic mass is 10.0. The van der Waals surface area contributed by atoms with E-state index in [-0.39, 0.29) is 0 Å². The quantitative estimate of drug-likeness (QED) is 0.865. The zero-order chi connectivity index (χ0) is 13.0. The van der Waals surface area contributed by atoms with Crippen LogP contribution in [0.2, 0.25) is 0 Å². The maximum absolute atomic E-state index is 5.57. The third kappa shape index (κ3) is 3.33. The van der Waals surface area contributed by atoms with Crippen LogP contribution >= 0.6 is 0 Å². The Kier molecular flexibility index (Phi) is 4.79. The van der Waals surface area contributed by atoms with E-state index in [9.17, 15) is 0 Å². The first-order valence-corrected chi connectivity index (χ1v) is 7.22. The van der Waals surface area contributed by atoms with E-state index in [1.165, 1.54) is 30.5 Å². The van der Waals surface area contributed by atoms with Crippen molar-refractivity contribution in [3.05, 3.63) is 35.4 Å². The second kappa shape index (κ2) is 6.35. The van der Waals surface area contributed by atoms with E-state index in [0.29, 0.717) is 0 Å². The van der Waals surface area contributed by atoms with Crippen molar-refractivity contribution in [1.29, 1.82) is 0 Å². The van der Waals surface area contributed by atoms with Gasteiger partial charge in [0.05, 0.1) is 0 Å². The molecule has 0 radical (unpaired) electrons. The summed E-state index contributed by atoms with van der Waals surface area (Å²) in [6.45, 7) is 7.78. The van der Waals surface area contributed by atoms with Crippen LogP contribution in [-0.4, -0.2) is 24.0 Å². The number of hydrogen-bond donors (Lipinski definition) is 1. The summed E-state index contributed by atoms with van der Waals surface area (Å²) in [6, 6.07) is 9.75. The number of benzene rings is 1. The Balaban J connectivity index is 1.96. The highest BCUT2D eigenvalue weighted by Crippen LogP contribution is 2.25. The Morgan fingerprint density at radius 1 is 1.22 bits per heavy atom. The van der Waals surface area contributed by atoms with Gasteiger partial charge in [0.15, 0.2) is 0 Å². The highest BCUT2D eigenvalue weighted by Gasteiger charge is 2.26. The van der Waals surface area contributed by atoms with Gasteiger partial charge in [0.1, 0.15) is 0 Å². The molecule has 0 spiro atoms. The molecule has 1 aromatic rings. The summed E-state index contributed by atoms with van der Waals surface area (Å²) in [4.78, 5) is 2.64.